The van der Waals surface area contributed by atoms with Crippen molar-refractivity contribution in [3.8, 4) is 0 Å². The number of hydrogen-bond donors (Lipinski definition) is 1. The second-order valence-corrected chi connectivity index (χ2v) is 9.61. The highest BCUT2D eigenvalue weighted by Crippen LogP contribution is 2.30. The lowest BCUT2D eigenvalue weighted by Gasteiger charge is -2.32. The molecule has 0 saturated carbocycles. The maximum absolute atomic E-state index is 13.9. The fraction of sp³-hybridized carbons (Fsp3) is 0.226. The molecule has 36 heavy (non-hydrogen) atoms. The topological polar surface area (TPSA) is 48.5 Å². The van der Waals surface area contributed by atoms with Crippen molar-refractivity contribution >= 4 is 22.5 Å². The van der Waals surface area contributed by atoms with Crippen molar-refractivity contribution < 1.29 is 9.18 Å². The van der Waals surface area contributed by atoms with Crippen LogP contribution in [0.5, 0.6) is 0 Å². The molecule has 1 fully saturated rings. The van der Waals surface area contributed by atoms with E-state index in [0.717, 1.165) is 42.6 Å². The van der Waals surface area contributed by atoms with Crippen LogP contribution in [0, 0.1) is 12.7 Å². The van der Waals surface area contributed by atoms with Gasteiger partial charge in [0.25, 0.3) is 5.91 Å². The van der Waals surface area contributed by atoms with Crippen molar-refractivity contribution in [1.29, 1.82) is 0 Å². The second kappa shape index (κ2) is 9.94. The number of amides is 1. The van der Waals surface area contributed by atoms with E-state index in [4.69, 9.17) is 0 Å². The van der Waals surface area contributed by atoms with Crippen LogP contribution in [0.25, 0.3) is 10.9 Å². The minimum Gasteiger partial charge on any atom is -0.358 e. The molecule has 5 heteroatoms. The number of aryl methyl sites for hydroxylation is 1. The third-order valence-corrected chi connectivity index (χ3v) is 6.90. The van der Waals surface area contributed by atoms with Gasteiger partial charge in [-0.1, -0.05) is 43.0 Å². The summed E-state index contributed by atoms with van der Waals surface area (Å²) >= 11 is 0. The quantitative estimate of drug-likeness (QED) is 0.308. The summed E-state index contributed by atoms with van der Waals surface area (Å²) in [5.74, 6) is 0.156. The molecule has 1 aliphatic rings. The predicted molar refractivity (Wildman–Crippen MR) is 144 cm³/mol. The molecule has 0 radical (unpaired) electrons. The highest BCUT2D eigenvalue weighted by atomic mass is 19.1. The maximum atomic E-state index is 13.9. The smallest absolute Gasteiger partial charge is 0.253 e. The third kappa shape index (κ3) is 4.87. The summed E-state index contributed by atoms with van der Waals surface area (Å²) in [4.78, 5) is 23.4. The summed E-state index contributed by atoms with van der Waals surface area (Å²) in [5, 5.41) is 1.23. The summed E-state index contributed by atoms with van der Waals surface area (Å²) in [6.07, 6.45) is 1.87. The first-order valence-corrected chi connectivity index (χ1v) is 12.4. The van der Waals surface area contributed by atoms with E-state index in [2.05, 4.69) is 40.8 Å². The number of aliphatic imine (C=N–C) groups is 1. The van der Waals surface area contributed by atoms with Gasteiger partial charge in [-0.25, -0.2) is 4.39 Å². The van der Waals surface area contributed by atoms with E-state index >= 15 is 0 Å². The number of fused-ring (bicyclic) bond motifs is 1. The molecular formula is C31H30FN3O. The summed E-state index contributed by atoms with van der Waals surface area (Å²) in [6, 6.07) is 22.6. The SMILES string of the molecule is C=C(C)N=C(c1cccc(F)c1)c1ccc(C(=O)N2CCC(c3cc4ccccc4[nH]3)CC2)cc1C. The van der Waals surface area contributed by atoms with Crippen molar-refractivity contribution in [2.75, 3.05) is 13.1 Å². The summed E-state index contributed by atoms with van der Waals surface area (Å²) < 4.78 is 13.9. The number of allylic oxidation sites excluding steroid dienone is 1. The maximum Gasteiger partial charge on any atom is 0.253 e. The number of aromatic nitrogens is 1. The Balaban J connectivity index is 1.32. The van der Waals surface area contributed by atoms with E-state index in [1.807, 2.05) is 49.1 Å². The van der Waals surface area contributed by atoms with Crippen LogP contribution in [-0.4, -0.2) is 34.6 Å². The molecule has 0 bridgehead atoms. The van der Waals surface area contributed by atoms with Crippen LogP contribution in [0.4, 0.5) is 4.39 Å². The van der Waals surface area contributed by atoms with Crippen LogP contribution in [0.1, 0.15) is 58.4 Å². The number of para-hydroxylation sites is 1. The molecule has 182 valence electrons. The normalized spacial score (nSPS) is 14.9. The fourth-order valence-electron chi connectivity index (χ4n) is 5.06. The number of hydrogen-bond acceptors (Lipinski definition) is 2. The first-order chi connectivity index (χ1) is 17.4. The second-order valence-electron chi connectivity index (χ2n) is 9.61. The van der Waals surface area contributed by atoms with Gasteiger partial charge in [0.05, 0.1) is 5.71 Å². The van der Waals surface area contributed by atoms with Gasteiger partial charge in [-0.05, 0) is 74.0 Å². The number of nitrogens with one attached hydrogen (secondary N) is 1. The zero-order valence-electron chi connectivity index (χ0n) is 20.7. The molecule has 0 aliphatic carbocycles. The molecular weight excluding hydrogens is 449 g/mol. The predicted octanol–water partition coefficient (Wildman–Crippen LogP) is 7.01. The molecule has 1 aromatic heterocycles. The van der Waals surface area contributed by atoms with Gasteiger partial charge >= 0.3 is 0 Å². The van der Waals surface area contributed by atoms with Gasteiger partial charge in [0.2, 0.25) is 0 Å². The average molecular weight is 480 g/mol. The summed E-state index contributed by atoms with van der Waals surface area (Å²) in [6.45, 7) is 9.13. The average Bonchev–Trinajstić information content (AvgIpc) is 3.31. The van der Waals surface area contributed by atoms with Crippen molar-refractivity contribution in [3.63, 3.8) is 0 Å². The molecule has 3 aromatic carbocycles. The van der Waals surface area contributed by atoms with Gasteiger partial charge in [-0.2, -0.15) is 0 Å². The van der Waals surface area contributed by atoms with E-state index < -0.39 is 0 Å². The van der Waals surface area contributed by atoms with Gasteiger partial charge in [-0.3, -0.25) is 9.79 Å². The molecule has 1 aliphatic heterocycles. The third-order valence-electron chi connectivity index (χ3n) is 6.90. The zero-order valence-corrected chi connectivity index (χ0v) is 20.7. The molecule has 5 rings (SSSR count). The van der Waals surface area contributed by atoms with Gasteiger partial charge in [0.1, 0.15) is 5.82 Å². The van der Waals surface area contributed by atoms with Crippen LogP contribution in [0.2, 0.25) is 0 Å². The number of carbonyl (C=O) groups excluding carboxylic acids is 1. The highest BCUT2D eigenvalue weighted by Gasteiger charge is 2.26. The molecule has 0 atom stereocenters. The Labute approximate surface area is 211 Å². The Morgan fingerprint density at radius 3 is 2.47 bits per heavy atom. The Kier molecular flexibility index (Phi) is 6.55. The lowest BCUT2D eigenvalue weighted by Crippen LogP contribution is -2.38. The van der Waals surface area contributed by atoms with Gasteiger partial charge in [0, 0.05) is 52.6 Å². The van der Waals surface area contributed by atoms with E-state index in [9.17, 15) is 9.18 Å². The van der Waals surface area contributed by atoms with Crippen LogP contribution in [0.15, 0.2) is 90.1 Å². The first-order valence-electron chi connectivity index (χ1n) is 12.4. The van der Waals surface area contributed by atoms with Gasteiger partial charge in [-0.15, -0.1) is 0 Å². The zero-order chi connectivity index (χ0) is 25.2. The number of halogens is 1. The Morgan fingerprint density at radius 1 is 1.00 bits per heavy atom. The lowest BCUT2D eigenvalue weighted by molar-refractivity contribution is 0.0712. The molecule has 1 N–H and O–H groups in total. The molecule has 4 aromatic rings. The standard InChI is InChI=1S/C31H30FN3O/c1-20(2)33-30(24-8-6-9-26(32)18-24)27-12-11-25(17-21(27)3)31(36)35-15-13-22(14-16-35)29-19-23-7-4-5-10-28(23)34-29/h4-12,17-19,22,34H,1,13-16H2,2-3H3. The number of H-pyrrole nitrogens is 1. The molecule has 0 unspecified atom stereocenters. The van der Waals surface area contributed by atoms with E-state index in [-0.39, 0.29) is 11.7 Å². The van der Waals surface area contributed by atoms with E-state index in [1.165, 1.54) is 23.2 Å². The van der Waals surface area contributed by atoms with Crippen LogP contribution < -0.4 is 0 Å². The van der Waals surface area contributed by atoms with Crippen molar-refractivity contribution in [2.24, 2.45) is 4.99 Å². The number of carbonyl (C=O) groups is 1. The first kappa shape index (κ1) is 23.7. The molecule has 4 nitrogen and oxygen atoms in total. The highest BCUT2D eigenvalue weighted by molar-refractivity contribution is 6.14. The largest absolute Gasteiger partial charge is 0.358 e. The van der Waals surface area contributed by atoms with Gasteiger partial charge in [0.15, 0.2) is 0 Å². The molecule has 2 heterocycles. The Hall–Kier alpha value is -3.99. The van der Waals surface area contributed by atoms with Crippen molar-refractivity contribution in [2.45, 2.75) is 32.6 Å². The van der Waals surface area contributed by atoms with E-state index in [1.54, 1.807) is 6.07 Å². The van der Waals surface area contributed by atoms with Crippen molar-refractivity contribution in [3.05, 3.63) is 119 Å². The number of benzene rings is 3. The minimum atomic E-state index is -0.317. The number of aromatic amines is 1. The number of rotatable bonds is 5. The molecule has 1 amide bonds. The lowest BCUT2D eigenvalue weighted by atomic mass is 9.92. The summed E-state index contributed by atoms with van der Waals surface area (Å²) in [7, 11) is 0. The molecule has 0 spiro atoms. The monoisotopic (exact) mass is 479 g/mol. The van der Waals surface area contributed by atoms with Crippen molar-refractivity contribution in [1.82, 2.24) is 9.88 Å². The van der Waals surface area contributed by atoms with Crippen LogP contribution in [0.3, 0.4) is 0 Å². The van der Waals surface area contributed by atoms with Gasteiger partial charge < -0.3 is 9.88 Å². The Morgan fingerprint density at radius 2 is 1.78 bits per heavy atom. The molecule has 1 saturated heterocycles. The number of likely N-dealkylation sites (tertiary alicyclic amines) is 1. The van der Waals surface area contributed by atoms with Crippen LogP contribution in [-0.2, 0) is 0 Å². The Bertz CT molecular complexity index is 1440. The number of nitrogens with zero attached hydrogens (tertiary/aromatic N) is 2. The summed E-state index contributed by atoms with van der Waals surface area (Å²) in [5.41, 5.74) is 6.81. The fourth-order valence-corrected chi connectivity index (χ4v) is 5.06. The van der Waals surface area contributed by atoms with Crippen LogP contribution >= 0.6 is 0 Å². The van der Waals surface area contributed by atoms with E-state index in [0.29, 0.717) is 28.5 Å². The number of piperidine rings is 1. The minimum absolute atomic E-state index is 0.0453.